The van der Waals surface area contributed by atoms with E-state index < -0.39 is 21.8 Å². The Kier molecular flexibility index (Phi) is 5.60. The van der Waals surface area contributed by atoms with Gasteiger partial charge < -0.3 is 10.8 Å². The molecule has 0 aliphatic heterocycles. The number of nitrogens with two attached hydrogens (primary N) is 1. The van der Waals surface area contributed by atoms with E-state index in [1.54, 1.807) is 0 Å². The first-order chi connectivity index (χ1) is 7.29. The summed E-state index contributed by atoms with van der Waals surface area (Å²) in [5.74, 6) is -1.18. The molecule has 1 rings (SSSR count). The van der Waals surface area contributed by atoms with Crippen LogP contribution in [0.3, 0.4) is 0 Å². The summed E-state index contributed by atoms with van der Waals surface area (Å²) in [7, 11) is -3.14. The smallest absolute Gasteiger partial charge is 0.335 e. The van der Waals surface area contributed by atoms with E-state index in [0.29, 0.717) is 5.56 Å². The molecule has 5 nitrogen and oxygen atoms in total. The summed E-state index contributed by atoms with van der Waals surface area (Å²) in [6.07, 6.45) is 1.11. The summed E-state index contributed by atoms with van der Waals surface area (Å²) in [6, 6.07) is 5.23. The van der Waals surface area contributed by atoms with Crippen LogP contribution in [-0.4, -0.2) is 31.5 Å². The minimum Gasteiger partial charge on any atom is -0.478 e. The van der Waals surface area contributed by atoms with Crippen molar-refractivity contribution >= 4 is 28.2 Å². The van der Waals surface area contributed by atoms with Gasteiger partial charge in [0, 0.05) is 12.3 Å². The molecular weight excluding hydrogens is 266 g/mol. The van der Waals surface area contributed by atoms with Crippen LogP contribution < -0.4 is 5.73 Å². The number of benzene rings is 1. The number of aromatic carboxylic acids is 1. The Labute approximate surface area is 106 Å². The van der Waals surface area contributed by atoms with Gasteiger partial charge in [0.25, 0.3) is 0 Å². The molecule has 1 unspecified atom stereocenters. The van der Waals surface area contributed by atoms with E-state index >= 15 is 0 Å². The van der Waals surface area contributed by atoms with Gasteiger partial charge >= 0.3 is 5.97 Å². The maximum Gasteiger partial charge on any atom is 0.335 e. The number of hydrogen-bond acceptors (Lipinski definition) is 4. The third-order valence-corrected chi connectivity index (χ3v) is 3.03. The zero-order chi connectivity index (χ0) is 12.3. The maximum atomic E-state index is 11.0. The molecule has 1 aromatic rings. The molecule has 1 aromatic carbocycles. The molecule has 0 spiro atoms. The van der Waals surface area contributed by atoms with Gasteiger partial charge in [0.15, 0.2) is 0 Å². The highest BCUT2D eigenvalue weighted by Gasteiger charge is 2.13. The van der Waals surface area contributed by atoms with Gasteiger partial charge in [-0.1, -0.05) is 12.1 Å². The lowest BCUT2D eigenvalue weighted by Crippen LogP contribution is -2.20. The first kappa shape index (κ1) is 15.9. The van der Waals surface area contributed by atoms with Crippen LogP contribution in [0.5, 0.6) is 0 Å². The SMILES string of the molecule is CS(=O)(=O)CC(N)c1ccc(C(=O)O)cc1.Cl. The Morgan fingerprint density at radius 3 is 2.18 bits per heavy atom. The molecule has 1 atom stereocenters. The highest BCUT2D eigenvalue weighted by atomic mass is 35.5. The van der Waals surface area contributed by atoms with Crippen LogP contribution in [0.15, 0.2) is 24.3 Å². The molecule has 0 aromatic heterocycles. The van der Waals surface area contributed by atoms with Crippen LogP contribution in [0, 0.1) is 0 Å². The molecule has 0 fully saturated rings. The molecule has 0 bridgehead atoms. The zero-order valence-corrected chi connectivity index (χ0v) is 10.8. The molecule has 0 saturated heterocycles. The van der Waals surface area contributed by atoms with Crippen molar-refractivity contribution in [3.05, 3.63) is 35.4 Å². The summed E-state index contributed by atoms with van der Waals surface area (Å²) >= 11 is 0. The molecule has 0 saturated carbocycles. The standard InChI is InChI=1S/C10H13NO4S.ClH/c1-16(14,15)6-9(11)7-2-4-8(5-3-7)10(12)13;/h2-5,9H,6,11H2,1H3,(H,12,13);1H. The minimum atomic E-state index is -3.14. The third-order valence-electron chi connectivity index (χ3n) is 2.07. The predicted octanol–water partition coefficient (Wildman–Crippen LogP) is 0.851. The monoisotopic (exact) mass is 279 g/mol. The van der Waals surface area contributed by atoms with Gasteiger partial charge in [0.05, 0.1) is 11.3 Å². The minimum absolute atomic E-state index is 0. The fourth-order valence-electron chi connectivity index (χ4n) is 1.30. The summed E-state index contributed by atoms with van der Waals surface area (Å²) < 4.78 is 22.0. The molecule has 0 radical (unpaired) electrons. The molecule has 0 amide bonds. The summed E-state index contributed by atoms with van der Waals surface area (Å²) in [5, 5.41) is 8.67. The normalized spacial score (nSPS) is 12.6. The number of carbonyl (C=O) groups is 1. The second kappa shape index (κ2) is 6.00. The van der Waals surface area contributed by atoms with Gasteiger partial charge in [0.1, 0.15) is 9.84 Å². The predicted molar refractivity (Wildman–Crippen MR) is 67.3 cm³/mol. The van der Waals surface area contributed by atoms with Gasteiger partial charge in [-0.25, -0.2) is 13.2 Å². The Morgan fingerprint density at radius 2 is 1.82 bits per heavy atom. The average molecular weight is 280 g/mol. The lowest BCUT2D eigenvalue weighted by atomic mass is 10.1. The van der Waals surface area contributed by atoms with Crippen LogP contribution in [0.4, 0.5) is 0 Å². The van der Waals surface area contributed by atoms with Crippen molar-refractivity contribution in [3.8, 4) is 0 Å². The van der Waals surface area contributed by atoms with Gasteiger partial charge in [-0.05, 0) is 17.7 Å². The molecule has 17 heavy (non-hydrogen) atoms. The van der Waals surface area contributed by atoms with Crippen molar-refractivity contribution in [2.75, 3.05) is 12.0 Å². The zero-order valence-electron chi connectivity index (χ0n) is 9.16. The van der Waals surface area contributed by atoms with Gasteiger partial charge in [0.2, 0.25) is 0 Å². The second-order valence-corrected chi connectivity index (χ2v) is 5.81. The van der Waals surface area contributed by atoms with E-state index in [1.165, 1.54) is 24.3 Å². The van der Waals surface area contributed by atoms with E-state index in [-0.39, 0.29) is 23.7 Å². The summed E-state index contributed by atoms with van der Waals surface area (Å²) in [5.41, 5.74) is 6.44. The van der Waals surface area contributed by atoms with E-state index in [1.807, 2.05) is 0 Å². The number of carboxylic acids is 1. The van der Waals surface area contributed by atoms with Crippen LogP contribution >= 0.6 is 12.4 Å². The quantitative estimate of drug-likeness (QED) is 0.851. The highest BCUT2D eigenvalue weighted by molar-refractivity contribution is 7.90. The first-order valence-electron chi connectivity index (χ1n) is 4.56. The van der Waals surface area contributed by atoms with Crippen LogP contribution in [0.2, 0.25) is 0 Å². The number of rotatable bonds is 4. The molecular formula is C10H14ClNO4S. The Bertz CT molecular complexity index is 484. The maximum absolute atomic E-state index is 11.0. The largest absolute Gasteiger partial charge is 0.478 e. The van der Waals surface area contributed by atoms with Crippen LogP contribution in [0.25, 0.3) is 0 Å². The van der Waals surface area contributed by atoms with E-state index in [0.717, 1.165) is 6.26 Å². The molecule has 96 valence electrons. The number of carboxylic acid groups (broad SMARTS) is 1. The van der Waals surface area contributed by atoms with Gasteiger partial charge in [-0.15, -0.1) is 12.4 Å². The van der Waals surface area contributed by atoms with Crippen LogP contribution in [0.1, 0.15) is 22.0 Å². The van der Waals surface area contributed by atoms with Crippen molar-refractivity contribution in [1.82, 2.24) is 0 Å². The first-order valence-corrected chi connectivity index (χ1v) is 6.62. The fourth-order valence-corrected chi connectivity index (χ4v) is 2.14. The summed E-state index contributed by atoms with van der Waals surface area (Å²) in [4.78, 5) is 10.6. The second-order valence-electron chi connectivity index (χ2n) is 3.63. The Morgan fingerprint density at radius 1 is 1.35 bits per heavy atom. The molecule has 3 N–H and O–H groups in total. The van der Waals surface area contributed by atoms with Crippen molar-refractivity contribution in [2.24, 2.45) is 5.73 Å². The van der Waals surface area contributed by atoms with Crippen molar-refractivity contribution in [2.45, 2.75) is 6.04 Å². The number of sulfone groups is 1. The number of halogens is 1. The molecule has 7 heteroatoms. The third kappa shape index (κ3) is 5.16. The lowest BCUT2D eigenvalue weighted by molar-refractivity contribution is 0.0697. The number of hydrogen-bond donors (Lipinski definition) is 2. The van der Waals surface area contributed by atoms with E-state index in [4.69, 9.17) is 10.8 Å². The Hall–Kier alpha value is -1.11. The Balaban J connectivity index is 0.00000256. The van der Waals surface area contributed by atoms with Gasteiger partial charge in [-0.3, -0.25) is 0 Å². The highest BCUT2D eigenvalue weighted by Crippen LogP contribution is 2.13. The van der Waals surface area contributed by atoms with Crippen LogP contribution in [-0.2, 0) is 9.84 Å². The average Bonchev–Trinajstić information content (AvgIpc) is 2.15. The topological polar surface area (TPSA) is 97.5 Å². The van der Waals surface area contributed by atoms with Crippen molar-refractivity contribution in [1.29, 1.82) is 0 Å². The molecule has 0 aliphatic rings. The molecule has 0 aliphatic carbocycles. The summed E-state index contributed by atoms with van der Waals surface area (Å²) in [6.45, 7) is 0. The van der Waals surface area contributed by atoms with E-state index in [2.05, 4.69) is 0 Å². The van der Waals surface area contributed by atoms with Gasteiger partial charge in [-0.2, -0.15) is 0 Å². The van der Waals surface area contributed by atoms with Crippen molar-refractivity contribution in [3.63, 3.8) is 0 Å². The fraction of sp³-hybridized carbons (Fsp3) is 0.300. The van der Waals surface area contributed by atoms with Crippen molar-refractivity contribution < 1.29 is 18.3 Å². The molecule has 0 heterocycles. The lowest BCUT2D eigenvalue weighted by Gasteiger charge is -2.10. The van der Waals surface area contributed by atoms with E-state index in [9.17, 15) is 13.2 Å².